The quantitative estimate of drug-likeness (QED) is 0.421. The third-order valence-electron chi connectivity index (χ3n) is 5.52. The standard InChI is InChI=1S/C23H23N5O2/c1-3-5-8-17(4-2)30-21-10-7-6-9-18(21)19-11-20(27-26-19)22(29)25-23-12-16(23)13-28(14-23)15-24/h3-11,16H,2,12-14H2,1H3,(H,25,29)(H,26,27)/b5-3-,17-8+. The van der Waals surface area contributed by atoms with E-state index >= 15 is 0 Å². The third kappa shape index (κ3) is 3.72. The Balaban J connectivity index is 1.51. The van der Waals surface area contributed by atoms with E-state index in [1.165, 1.54) is 0 Å². The van der Waals surface area contributed by atoms with Crippen molar-refractivity contribution in [2.45, 2.75) is 18.9 Å². The average molecular weight is 401 g/mol. The number of allylic oxidation sites excluding steroid dienone is 4. The summed E-state index contributed by atoms with van der Waals surface area (Å²) in [5, 5.41) is 19.3. The second-order valence-electron chi connectivity index (χ2n) is 7.56. The fraction of sp³-hybridized carbons (Fsp3) is 0.261. The molecule has 0 radical (unpaired) electrons. The first-order valence-electron chi connectivity index (χ1n) is 9.84. The minimum absolute atomic E-state index is 0.214. The number of benzene rings is 1. The van der Waals surface area contributed by atoms with Gasteiger partial charge < -0.3 is 15.0 Å². The van der Waals surface area contributed by atoms with E-state index < -0.39 is 0 Å². The van der Waals surface area contributed by atoms with E-state index in [1.807, 2.05) is 49.4 Å². The van der Waals surface area contributed by atoms with Crippen LogP contribution in [0.3, 0.4) is 0 Å². The number of nitriles is 1. The summed E-state index contributed by atoms with van der Waals surface area (Å²) in [5.74, 6) is 1.36. The zero-order valence-electron chi connectivity index (χ0n) is 16.8. The number of H-pyrrole nitrogens is 1. The van der Waals surface area contributed by atoms with Gasteiger partial charge in [0.2, 0.25) is 0 Å². The molecule has 2 atom stereocenters. The van der Waals surface area contributed by atoms with Crippen molar-refractivity contribution < 1.29 is 9.53 Å². The summed E-state index contributed by atoms with van der Waals surface area (Å²) in [6.07, 6.45) is 10.3. The van der Waals surface area contributed by atoms with Crippen LogP contribution >= 0.6 is 0 Å². The zero-order valence-corrected chi connectivity index (χ0v) is 16.8. The van der Waals surface area contributed by atoms with Gasteiger partial charge in [0, 0.05) is 18.0 Å². The summed E-state index contributed by atoms with van der Waals surface area (Å²) < 4.78 is 5.98. The predicted octanol–water partition coefficient (Wildman–Crippen LogP) is 3.39. The number of ether oxygens (including phenoxy) is 1. The van der Waals surface area contributed by atoms with E-state index in [2.05, 4.69) is 28.3 Å². The highest BCUT2D eigenvalue weighted by Gasteiger charge is 2.61. The Labute approximate surface area is 175 Å². The summed E-state index contributed by atoms with van der Waals surface area (Å²) in [7, 11) is 0. The normalized spacial score (nSPS) is 22.5. The molecule has 2 N–H and O–H groups in total. The first kappa shape index (κ1) is 19.5. The summed E-state index contributed by atoms with van der Waals surface area (Å²) in [5.41, 5.74) is 1.47. The molecule has 0 bridgehead atoms. The van der Waals surface area contributed by atoms with Crippen LogP contribution in [-0.2, 0) is 0 Å². The highest BCUT2D eigenvalue weighted by atomic mass is 16.5. The maximum Gasteiger partial charge on any atom is 0.269 e. The lowest BCUT2D eigenvalue weighted by Crippen LogP contribution is -2.41. The van der Waals surface area contributed by atoms with E-state index in [4.69, 9.17) is 10.00 Å². The number of carbonyl (C=O) groups is 1. The molecule has 2 unspecified atom stereocenters. The van der Waals surface area contributed by atoms with Gasteiger partial charge in [-0.1, -0.05) is 30.9 Å². The Kier molecular flexibility index (Phi) is 5.15. The van der Waals surface area contributed by atoms with Gasteiger partial charge in [-0.05, 0) is 43.7 Å². The summed E-state index contributed by atoms with van der Waals surface area (Å²) in [6, 6.07) is 9.22. The minimum Gasteiger partial charge on any atom is -0.457 e. The maximum absolute atomic E-state index is 12.8. The lowest BCUT2D eigenvalue weighted by Gasteiger charge is -2.16. The van der Waals surface area contributed by atoms with Crippen LogP contribution in [0.15, 0.2) is 67.0 Å². The Morgan fingerprint density at radius 3 is 3.07 bits per heavy atom. The fourth-order valence-corrected chi connectivity index (χ4v) is 3.85. The molecule has 0 spiro atoms. The van der Waals surface area contributed by atoms with Crippen LogP contribution in [0.2, 0.25) is 0 Å². The predicted molar refractivity (Wildman–Crippen MR) is 113 cm³/mol. The molecule has 1 aliphatic heterocycles. The average Bonchev–Trinajstić information content (AvgIpc) is 3.11. The number of hydrogen-bond donors (Lipinski definition) is 2. The van der Waals surface area contributed by atoms with E-state index in [0.717, 1.165) is 12.0 Å². The van der Waals surface area contributed by atoms with Crippen molar-refractivity contribution in [2.75, 3.05) is 13.1 Å². The SMILES string of the molecule is C=C/C(=C\C=C/C)Oc1ccccc1-c1cc(C(=O)NC23CC2CN(C#N)C3)[nH]n1. The van der Waals surface area contributed by atoms with Crippen molar-refractivity contribution in [3.05, 3.63) is 72.7 Å². The van der Waals surface area contributed by atoms with Gasteiger partial charge in [0.25, 0.3) is 5.91 Å². The smallest absolute Gasteiger partial charge is 0.269 e. The van der Waals surface area contributed by atoms with Gasteiger partial charge in [-0.2, -0.15) is 10.4 Å². The monoisotopic (exact) mass is 401 g/mol. The number of fused-ring (bicyclic) bond motifs is 1. The number of nitrogens with zero attached hydrogens (tertiary/aromatic N) is 3. The number of aromatic nitrogens is 2. The molecule has 4 rings (SSSR count). The molecule has 7 nitrogen and oxygen atoms in total. The Bertz CT molecular complexity index is 1080. The van der Waals surface area contributed by atoms with E-state index in [0.29, 0.717) is 41.9 Å². The summed E-state index contributed by atoms with van der Waals surface area (Å²) in [4.78, 5) is 14.4. The molecule has 152 valence electrons. The van der Waals surface area contributed by atoms with Crippen molar-refractivity contribution in [3.8, 4) is 23.2 Å². The maximum atomic E-state index is 12.8. The third-order valence-corrected chi connectivity index (χ3v) is 5.52. The molecule has 1 amide bonds. The molecule has 2 heterocycles. The number of rotatable bonds is 7. The number of aromatic amines is 1. The van der Waals surface area contributed by atoms with Crippen molar-refractivity contribution in [1.29, 1.82) is 5.26 Å². The lowest BCUT2D eigenvalue weighted by molar-refractivity contribution is 0.0924. The first-order valence-corrected chi connectivity index (χ1v) is 9.84. The number of amides is 1. The fourth-order valence-electron chi connectivity index (χ4n) is 3.85. The molecule has 1 saturated heterocycles. The molecule has 1 aromatic heterocycles. The Morgan fingerprint density at radius 1 is 1.50 bits per heavy atom. The van der Waals surface area contributed by atoms with Crippen LogP contribution in [0, 0.1) is 17.4 Å². The Morgan fingerprint density at radius 2 is 2.33 bits per heavy atom. The number of hydrogen-bond acceptors (Lipinski definition) is 5. The molecule has 7 heteroatoms. The van der Waals surface area contributed by atoms with Crippen LogP contribution in [-0.4, -0.2) is 39.6 Å². The van der Waals surface area contributed by atoms with Gasteiger partial charge in [-0.15, -0.1) is 0 Å². The van der Waals surface area contributed by atoms with Gasteiger partial charge in [-0.25, -0.2) is 0 Å². The minimum atomic E-state index is -0.282. The van der Waals surface area contributed by atoms with Crippen molar-refractivity contribution in [2.24, 2.45) is 5.92 Å². The van der Waals surface area contributed by atoms with Gasteiger partial charge in [0.05, 0.1) is 17.8 Å². The van der Waals surface area contributed by atoms with E-state index in [1.54, 1.807) is 17.0 Å². The van der Waals surface area contributed by atoms with Gasteiger partial charge in [-0.3, -0.25) is 9.89 Å². The molecular weight excluding hydrogens is 378 g/mol. The molecular formula is C23H23N5O2. The summed E-state index contributed by atoms with van der Waals surface area (Å²) in [6.45, 7) is 6.99. The van der Waals surface area contributed by atoms with E-state index in [-0.39, 0.29) is 11.4 Å². The zero-order chi connectivity index (χ0) is 21.1. The van der Waals surface area contributed by atoms with Crippen molar-refractivity contribution in [1.82, 2.24) is 20.4 Å². The molecule has 1 aliphatic carbocycles. The van der Waals surface area contributed by atoms with Gasteiger partial charge in [0.15, 0.2) is 6.19 Å². The second kappa shape index (κ2) is 7.91. The van der Waals surface area contributed by atoms with Gasteiger partial charge in [0.1, 0.15) is 17.2 Å². The van der Waals surface area contributed by atoms with Crippen LogP contribution in [0.5, 0.6) is 5.75 Å². The lowest BCUT2D eigenvalue weighted by atomic mass is 10.1. The number of nitrogens with one attached hydrogen (secondary N) is 2. The number of carbonyl (C=O) groups excluding carboxylic acids is 1. The van der Waals surface area contributed by atoms with Crippen LogP contribution < -0.4 is 10.1 Å². The Hall–Kier alpha value is -3.79. The molecule has 1 aromatic carbocycles. The number of likely N-dealkylation sites (tertiary alicyclic amines) is 1. The molecule has 2 fully saturated rings. The van der Waals surface area contributed by atoms with Crippen molar-refractivity contribution in [3.63, 3.8) is 0 Å². The first-order chi connectivity index (χ1) is 14.6. The number of para-hydroxylation sites is 1. The molecule has 2 aliphatic rings. The molecule has 30 heavy (non-hydrogen) atoms. The second-order valence-corrected chi connectivity index (χ2v) is 7.56. The van der Waals surface area contributed by atoms with E-state index in [9.17, 15) is 4.79 Å². The largest absolute Gasteiger partial charge is 0.457 e. The van der Waals surface area contributed by atoms with Crippen LogP contribution in [0.4, 0.5) is 0 Å². The number of piperidine rings is 1. The van der Waals surface area contributed by atoms with Crippen LogP contribution in [0.25, 0.3) is 11.3 Å². The van der Waals surface area contributed by atoms with Crippen LogP contribution in [0.1, 0.15) is 23.8 Å². The highest BCUT2D eigenvalue weighted by Crippen LogP contribution is 2.49. The van der Waals surface area contributed by atoms with Crippen molar-refractivity contribution >= 4 is 5.91 Å². The highest BCUT2D eigenvalue weighted by molar-refractivity contribution is 5.94. The molecule has 2 aromatic rings. The molecule has 1 saturated carbocycles. The summed E-state index contributed by atoms with van der Waals surface area (Å²) >= 11 is 0. The topological polar surface area (TPSA) is 94.0 Å². The van der Waals surface area contributed by atoms with Gasteiger partial charge >= 0.3 is 0 Å².